The summed E-state index contributed by atoms with van der Waals surface area (Å²) in [6.07, 6.45) is 0.933. The highest BCUT2D eigenvalue weighted by Gasteiger charge is 2.10. The summed E-state index contributed by atoms with van der Waals surface area (Å²) in [7, 11) is 3.53. The first-order valence-electron chi connectivity index (χ1n) is 8.87. The van der Waals surface area contributed by atoms with Crippen LogP contribution in [0, 0.1) is 6.92 Å². The predicted molar refractivity (Wildman–Crippen MR) is 103 cm³/mol. The average molecular weight is 335 g/mol. The van der Waals surface area contributed by atoms with Gasteiger partial charge in [-0.05, 0) is 50.6 Å². The van der Waals surface area contributed by atoms with E-state index in [1.807, 2.05) is 7.05 Å². The fraction of sp³-hybridized carbons (Fsp3) is 0.632. The molecule has 136 valence electrons. The predicted octanol–water partition coefficient (Wildman–Crippen LogP) is 2.44. The van der Waals surface area contributed by atoms with E-state index in [2.05, 4.69) is 66.4 Å². The van der Waals surface area contributed by atoms with Crippen LogP contribution in [0.1, 0.15) is 31.9 Å². The number of likely N-dealkylation sites (N-methyl/N-ethyl adjacent to an activating group) is 1. The zero-order valence-electron chi connectivity index (χ0n) is 16.1. The van der Waals surface area contributed by atoms with Gasteiger partial charge in [0.2, 0.25) is 0 Å². The zero-order valence-corrected chi connectivity index (χ0v) is 16.1. The largest absolute Gasteiger partial charge is 0.496 e. The molecule has 5 nitrogen and oxygen atoms in total. The molecule has 0 spiro atoms. The van der Waals surface area contributed by atoms with Gasteiger partial charge in [-0.3, -0.25) is 9.89 Å². The minimum Gasteiger partial charge on any atom is -0.496 e. The lowest BCUT2D eigenvalue weighted by molar-refractivity contribution is 0.231. The van der Waals surface area contributed by atoms with Gasteiger partial charge in [0.15, 0.2) is 5.96 Å². The number of ether oxygens (including phenoxy) is 1. The number of benzene rings is 1. The van der Waals surface area contributed by atoms with Crippen molar-refractivity contribution in [1.82, 2.24) is 15.5 Å². The fourth-order valence-electron chi connectivity index (χ4n) is 2.79. The van der Waals surface area contributed by atoms with Gasteiger partial charge in [0.05, 0.1) is 7.11 Å². The van der Waals surface area contributed by atoms with E-state index in [9.17, 15) is 0 Å². The van der Waals surface area contributed by atoms with Crippen LogP contribution < -0.4 is 15.4 Å². The lowest BCUT2D eigenvalue weighted by atomic mass is 10.1. The molecular formula is C19H34N4O. The molecule has 5 heteroatoms. The summed E-state index contributed by atoms with van der Waals surface area (Å²) in [6.45, 7) is 12.6. The van der Waals surface area contributed by atoms with Crippen molar-refractivity contribution < 1.29 is 4.74 Å². The molecule has 0 aliphatic carbocycles. The van der Waals surface area contributed by atoms with Gasteiger partial charge in [0.1, 0.15) is 5.75 Å². The second-order valence-electron chi connectivity index (χ2n) is 6.00. The van der Waals surface area contributed by atoms with Crippen molar-refractivity contribution >= 4 is 5.96 Å². The van der Waals surface area contributed by atoms with Crippen LogP contribution in [0.2, 0.25) is 0 Å². The lowest BCUT2D eigenvalue weighted by Crippen LogP contribution is -2.46. The summed E-state index contributed by atoms with van der Waals surface area (Å²) in [5.41, 5.74) is 2.42. The molecule has 0 saturated carbocycles. The molecule has 0 amide bonds. The third-order valence-corrected chi connectivity index (χ3v) is 4.40. The summed E-state index contributed by atoms with van der Waals surface area (Å²) in [6, 6.07) is 6.85. The Morgan fingerprint density at radius 3 is 2.54 bits per heavy atom. The molecule has 1 unspecified atom stereocenters. The number of hydrogen-bond donors (Lipinski definition) is 2. The number of rotatable bonds is 9. The summed E-state index contributed by atoms with van der Waals surface area (Å²) >= 11 is 0. The maximum atomic E-state index is 5.38. The number of aliphatic imine (C=N–C) groups is 1. The summed E-state index contributed by atoms with van der Waals surface area (Å²) in [5, 5.41) is 6.79. The maximum Gasteiger partial charge on any atom is 0.191 e. The Bertz CT molecular complexity index is 512. The maximum absolute atomic E-state index is 5.38. The van der Waals surface area contributed by atoms with E-state index < -0.39 is 0 Å². The smallest absolute Gasteiger partial charge is 0.191 e. The third-order valence-electron chi connectivity index (χ3n) is 4.40. The molecule has 0 fully saturated rings. The van der Waals surface area contributed by atoms with Gasteiger partial charge in [0, 0.05) is 26.2 Å². The zero-order chi connectivity index (χ0) is 17.9. The van der Waals surface area contributed by atoms with Crippen LogP contribution in [0.4, 0.5) is 0 Å². The highest BCUT2D eigenvalue weighted by Crippen LogP contribution is 2.18. The van der Waals surface area contributed by atoms with Gasteiger partial charge < -0.3 is 15.4 Å². The first kappa shape index (κ1) is 20.3. The molecular weight excluding hydrogens is 300 g/mol. The first-order valence-corrected chi connectivity index (χ1v) is 8.87. The van der Waals surface area contributed by atoms with E-state index in [0.717, 1.165) is 49.9 Å². The lowest BCUT2D eigenvalue weighted by Gasteiger charge is -2.27. The Morgan fingerprint density at radius 1 is 1.25 bits per heavy atom. The molecule has 1 aromatic rings. The van der Waals surface area contributed by atoms with Crippen LogP contribution in [0.15, 0.2) is 23.2 Å². The third kappa shape index (κ3) is 6.40. The Balaban J connectivity index is 2.42. The Hall–Kier alpha value is -1.75. The van der Waals surface area contributed by atoms with Gasteiger partial charge in [-0.1, -0.05) is 26.0 Å². The van der Waals surface area contributed by atoms with Crippen molar-refractivity contribution in [2.24, 2.45) is 4.99 Å². The van der Waals surface area contributed by atoms with Crippen molar-refractivity contribution in [2.45, 2.75) is 40.2 Å². The number of nitrogens with one attached hydrogen (secondary N) is 2. The minimum atomic E-state index is 0.486. The summed E-state index contributed by atoms with van der Waals surface area (Å²) in [4.78, 5) is 6.73. The summed E-state index contributed by atoms with van der Waals surface area (Å²) < 4.78 is 5.38. The molecule has 0 heterocycles. The number of guanidine groups is 1. The Kier molecular flexibility index (Phi) is 9.23. The molecule has 1 rings (SSSR count). The molecule has 1 atom stereocenters. The van der Waals surface area contributed by atoms with Crippen molar-refractivity contribution in [2.75, 3.05) is 40.3 Å². The van der Waals surface area contributed by atoms with Crippen molar-refractivity contribution in [3.8, 4) is 5.75 Å². The Morgan fingerprint density at radius 2 is 1.96 bits per heavy atom. The van der Waals surface area contributed by atoms with Gasteiger partial charge in [-0.15, -0.1) is 0 Å². The summed E-state index contributed by atoms with van der Waals surface area (Å²) in [5.74, 6) is 1.80. The number of aryl methyl sites for hydroxylation is 1. The first-order chi connectivity index (χ1) is 11.5. The quantitative estimate of drug-likeness (QED) is 0.538. The van der Waals surface area contributed by atoms with E-state index in [-0.39, 0.29) is 0 Å². The highest BCUT2D eigenvalue weighted by atomic mass is 16.5. The van der Waals surface area contributed by atoms with Crippen molar-refractivity contribution in [3.05, 3.63) is 29.3 Å². The number of methoxy groups -OCH3 is 1. The van der Waals surface area contributed by atoms with E-state index in [1.165, 1.54) is 5.56 Å². The number of nitrogens with zero attached hydrogens (tertiary/aromatic N) is 2. The molecule has 0 aromatic heterocycles. The van der Waals surface area contributed by atoms with Gasteiger partial charge in [-0.2, -0.15) is 0 Å². The molecule has 24 heavy (non-hydrogen) atoms. The average Bonchev–Trinajstić information content (AvgIpc) is 2.60. The fourth-order valence-corrected chi connectivity index (χ4v) is 2.79. The second kappa shape index (κ2) is 10.9. The molecule has 0 saturated heterocycles. The van der Waals surface area contributed by atoms with Crippen LogP contribution in [0.25, 0.3) is 0 Å². The molecule has 1 aromatic carbocycles. The van der Waals surface area contributed by atoms with E-state index in [4.69, 9.17) is 4.74 Å². The normalized spacial score (nSPS) is 13.0. The topological polar surface area (TPSA) is 48.9 Å². The molecule has 0 bridgehead atoms. The van der Waals surface area contributed by atoms with Crippen molar-refractivity contribution in [3.63, 3.8) is 0 Å². The van der Waals surface area contributed by atoms with Gasteiger partial charge in [-0.25, -0.2) is 0 Å². The Labute approximate surface area is 147 Å². The number of hydrogen-bond acceptors (Lipinski definition) is 3. The van der Waals surface area contributed by atoms with Crippen LogP contribution in [-0.2, 0) is 6.42 Å². The SMILES string of the molecule is CCN(CC)C(C)CNC(=NC)NCCc1ccc(C)c(OC)c1. The molecule has 2 N–H and O–H groups in total. The van der Waals surface area contributed by atoms with E-state index >= 15 is 0 Å². The second-order valence-corrected chi connectivity index (χ2v) is 6.00. The van der Waals surface area contributed by atoms with Crippen LogP contribution in [-0.4, -0.2) is 57.2 Å². The molecule has 0 aliphatic rings. The van der Waals surface area contributed by atoms with Gasteiger partial charge >= 0.3 is 0 Å². The minimum absolute atomic E-state index is 0.486. The van der Waals surface area contributed by atoms with Crippen LogP contribution >= 0.6 is 0 Å². The van der Waals surface area contributed by atoms with E-state index in [0.29, 0.717) is 6.04 Å². The van der Waals surface area contributed by atoms with Crippen LogP contribution in [0.5, 0.6) is 5.75 Å². The van der Waals surface area contributed by atoms with E-state index in [1.54, 1.807) is 7.11 Å². The molecule has 0 aliphatic heterocycles. The van der Waals surface area contributed by atoms with Crippen LogP contribution in [0.3, 0.4) is 0 Å². The monoisotopic (exact) mass is 334 g/mol. The highest BCUT2D eigenvalue weighted by molar-refractivity contribution is 5.79. The van der Waals surface area contributed by atoms with Gasteiger partial charge in [0.25, 0.3) is 0 Å². The van der Waals surface area contributed by atoms with Crippen molar-refractivity contribution in [1.29, 1.82) is 0 Å². The standard InChI is InChI=1S/C19H34N4O/c1-7-23(8-2)16(4)14-22-19(20-5)21-12-11-17-10-9-15(3)18(13-17)24-6/h9-10,13,16H,7-8,11-12,14H2,1-6H3,(H2,20,21,22). The molecule has 0 radical (unpaired) electrons.